The fourth-order valence-electron chi connectivity index (χ4n) is 4.00. The molecule has 7 nitrogen and oxygen atoms in total. The molecule has 3 rings (SSSR count). The molecule has 2 amide bonds. The van der Waals surface area contributed by atoms with E-state index in [2.05, 4.69) is 32.0 Å². The van der Waals surface area contributed by atoms with Crippen LogP contribution in [0.1, 0.15) is 41.2 Å². The van der Waals surface area contributed by atoms with E-state index in [-0.39, 0.29) is 13.0 Å². The number of primary amides is 1. The topological polar surface area (TPSA) is 91.1 Å². The fraction of sp³-hybridized carbons (Fsp3) is 0.333. The van der Waals surface area contributed by atoms with E-state index >= 15 is 0 Å². The summed E-state index contributed by atoms with van der Waals surface area (Å²) in [6.07, 6.45) is 0.578. The average molecular weight is 505 g/mol. The van der Waals surface area contributed by atoms with E-state index in [1.54, 1.807) is 30.0 Å². The molecule has 7 heteroatoms. The first-order valence-electron chi connectivity index (χ1n) is 12.4. The molecule has 0 aliphatic carbocycles. The van der Waals surface area contributed by atoms with Gasteiger partial charge in [-0.05, 0) is 73.6 Å². The lowest BCUT2D eigenvalue weighted by atomic mass is 10.0. The molecule has 1 unspecified atom stereocenters. The highest BCUT2D eigenvalue weighted by atomic mass is 16.6. The van der Waals surface area contributed by atoms with E-state index in [0.29, 0.717) is 18.0 Å². The van der Waals surface area contributed by atoms with Gasteiger partial charge in [-0.25, -0.2) is 4.79 Å². The quantitative estimate of drug-likeness (QED) is 0.336. The van der Waals surface area contributed by atoms with Crippen molar-refractivity contribution in [3.63, 3.8) is 0 Å². The number of benzene rings is 3. The summed E-state index contributed by atoms with van der Waals surface area (Å²) in [5.41, 5.74) is 10.7. The van der Waals surface area contributed by atoms with Gasteiger partial charge in [0.2, 0.25) is 5.91 Å². The first-order chi connectivity index (χ1) is 17.8. The number of hydrogen-bond donors (Lipinski definition) is 1. The summed E-state index contributed by atoms with van der Waals surface area (Å²) in [5.74, 6) is 0.483. The second kappa shape index (κ2) is 13.3. The molecule has 0 aliphatic rings. The van der Waals surface area contributed by atoms with Gasteiger partial charge in [0.15, 0.2) is 17.7 Å². The van der Waals surface area contributed by atoms with Crippen LogP contribution in [0.15, 0.2) is 66.7 Å². The second-order valence-corrected chi connectivity index (χ2v) is 9.10. The minimum atomic E-state index is -0.626. The van der Waals surface area contributed by atoms with Gasteiger partial charge >= 0.3 is 6.09 Å². The van der Waals surface area contributed by atoms with Crippen LogP contribution < -0.4 is 15.2 Å². The summed E-state index contributed by atoms with van der Waals surface area (Å²) >= 11 is 0. The third kappa shape index (κ3) is 8.27. The lowest BCUT2D eigenvalue weighted by Gasteiger charge is -2.29. The first-order valence-corrected chi connectivity index (χ1v) is 12.4. The number of methoxy groups -OCH3 is 1. The first kappa shape index (κ1) is 27.6. The predicted molar refractivity (Wildman–Crippen MR) is 144 cm³/mol. The maximum atomic E-state index is 13.2. The third-order valence-corrected chi connectivity index (χ3v) is 6.22. The van der Waals surface area contributed by atoms with Gasteiger partial charge in [-0.2, -0.15) is 0 Å². The van der Waals surface area contributed by atoms with Crippen molar-refractivity contribution < 1.29 is 23.8 Å². The lowest BCUT2D eigenvalue weighted by molar-refractivity contribution is -0.117. The van der Waals surface area contributed by atoms with Crippen LogP contribution in [0.2, 0.25) is 0 Å². The third-order valence-electron chi connectivity index (χ3n) is 6.22. The Morgan fingerprint density at radius 3 is 2.30 bits per heavy atom. The Bertz CT molecular complexity index is 1200. The van der Waals surface area contributed by atoms with Crippen molar-refractivity contribution in [1.82, 2.24) is 4.90 Å². The molecule has 196 valence electrons. The Labute approximate surface area is 219 Å². The van der Waals surface area contributed by atoms with Gasteiger partial charge in [0.25, 0.3) is 0 Å². The monoisotopic (exact) mass is 504 g/mol. The Morgan fingerprint density at radius 2 is 1.62 bits per heavy atom. The maximum Gasteiger partial charge on any atom is 0.412 e. The van der Waals surface area contributed by atoms with Crippen LogP contribution in [0.4, 0.5) is 4.79 Å². The summed E-state index contributed by atoms with van der Waals surface area (Å²) < 4.78 is 17.2. The summed E-state index contributed by atoms with van der Waals surface area (Å²) in [6.45, 7) is 6.62. The molecule has 0 aromatic heterocycles. The van der Waals surface area contributed by atoms with Gasteiger partial charge in [0.05, 0.1) is 13.5 Å². The molecule has 0 saturated heterocycles. The minimum Gasteiger partial charge on any atom is -0.493 e. The highest BCUT2D eigenvalue weighted by Gasteiger charge is 2.24. The van der Waals surface area contributed by atoms with Crippen LogP contribution in [0.3, 0.4) is 0 Å². The number of amides is 2. The zero-order chi connectivity index (χ0) is 26.8. The summed E-state index contributed by atoms with van der Waals surface area (Å²) in [5, 5.41) is 0. The van der Waals surface area contributed by atoms with Gasteiger partial charge in [0, 0.05) is 6.54 Å². The number of nitrogens with zero attached hydrogens (tertiary/aromatic N) is 1. The van der Waals surface area contributed by atoms with E-state index in [9.17, 15) is 9.59 Å². The smallest absolute Gasteiger partial charge is 0.412 e. The van der Waals surface area contributed by atoms with Crippen LogP contribution in [-0.4, -0.2) is 36.8 Å². The molecule has 3 aromatic rings. The van der Waals surface area contributed by atoms with E-state index < -0.39 is 18.2 Å². The number of rotatable bonds is 12. The van der Waals surface area contributed by atoms with Crippen LogP contribution in [0, 0.1) is 13.8 Å². The molecule has 0 heterocycles. The molecule has 0 fully saturated rings. The highest BCUT2D eigenvalue weighted by Crippen LogP contribution is 2.30. The Kier molecular flexibility index (Phi) is 9.95. The lowest BCUT2D eigenvalue weighted by Crippen LogP contribution is -2.43. The molecule has 0 aliphatic heterocycles. The normalized spacial score (nSPS) is 11.5. The molecular formula is C30H36N2O5. The van der Waals surface area contributed by atoms with Crippen molar-refractivity contribution in [3.8, 4) is 11.5 Å². The highest BCUT2D eigenvalue weighted by molar-refractivity contribution is 5.76. The predicted octanol–water partition coefficient (Wildman–Crippen LogP) is 5.34. The van der Waals surface area contributed by atoms with Crippen molar-refractivity contribution in [3.05, 3.63) is 94.5 Å². The summed E-state index contributed by atoms with van der Waals surface area (Å²) in [7, 11) is 1.52. The SMILES string of the molecule is COc1cc(CC(N)=O)ccc1OC(C)N(CCCc1ccc(C)c(C)c1)C(=O)OCc1ccccc1. The van der Waals surface area contributed by atoms with E-state index in [4.69, 9.17) is 19.9 Å². The Balaban J connectivity index is 1.72. The Morgan fingerprint density at radius 1 is 0.892 bits per heavy atom. The summed E-state index contributed by atoms with van der Waals surface area (Å²) in [4.78, 5) is 26.0. The number of hydrogen-bond acceptors (Lipinski definition) is 5. The number of ether oxygens (including phenoxy) is 3. The van der Waals surface area contributed by atoms with Gasteiger partial charge in [0.1, 0.15) is 6.61 Å². The largest absolute Gasteiger partial charge is 0.493 e. The van der Waals surface area contributed by atoms with E-state index in [0.717, 1.165) is 24.0 Å². The van der Waals surface area contributed by atoms with Crippen molar-refractivity contribution in [2.24, 2.45) is 5.73 Å². The molecule has 0 spiro atoms. The summed E-state index contributed by atoms with van der Waals surface area (Å²) in [6, 6.07) is 21.2. The maximum absolute atomic E-state index is 13.2. The fourth-order valence-corrected chi connectivity index (χ4v) is 4.00. The van der Waals surface area contributed by atoms with Crippen LogP contribution in [0.25, 0.3) is 0 Å². The van der Waals surface area contributed by atoms with Gasteiger partial charge in [-0.15, -0.1) is 0 Å². The second-order valence-electron chi connectivity index (χ2n) is 9.10. The molecule has 0 radical (unpaired) electrons. The minimum absolute atomic E-state index is 0.0998. The Hall–Kier alpha value is -4.00. The standard InChI is InChI=1S/C30H36N2O5/c1-21-12-13-24(17-22(21)2)11-8-16-32(30(34)36-20-25-9-6-5-7-10-25)23(3)37-27-15-14-26(19-29(31)33)18-28(27)35-4/h5-7,9-10,12-15,17-18,23H,8,11,16,19-20H2,1-4H3,(H2,31,33). The number of carbonyl (C=O) groups excluding carboxylic acids is 2. The van der Waals surface area contributed by atoms with Crippen molar-refractivity contribution >= 4 is 12.0 Å². The number of carbonyl (C=O) groups is 2. The number of aryl methyl sites for hydroxylation is 3. The van der Waals surface area contributed by atoms with E-state index in [1.165, 1.54) is 23.8 Å². The molecule has 0 saturated carbocycles. The number of nitrogens with two attached hydrogens (primary N) is 1. The molecular weight excluding hydrogens is 468 g/mol. The van der Waals surface area contributed by atoms with Crippen molar-refractivity contribution in [2.45, 2.75) is 52.9 Å². The zero-order valence-corrected chi connectivity index (χ0v) is 22.0. The average Bonchev–Trinajstić information content (AvgIpc) is 2.88. The van der Waals surface area contributed by atoms with Gasteiger partial charge in [-0.1, -0.05) is 54.6 Å². The molecule has 37 heavy (non-hydrogen) atoms. The van der Waals surface area contributed by atoms with Crippen LogP contribution in [-0.2, 0) is 29.0 Å². The van der Waals surface area contributed by atoms with Crippen molar-refractivity contribution in [2.75, 3.05) is 13.7 Å². The van der Waals surface area contributed by atoms with Gasteiger partial charge < -0.3 is 19.9 Å². The van der Waals surface area contributed by atoms with Crippen molar-refractivity contribution in [1.29, 1.82) is 0 Å². The molecule has 0 bridgehead atoms. The van der Waals surface area contributed by atoms with Crippen LogP contribution in [0.5, 0.6) is 11.5 Å². The molecule has 2 N–H and O–H groups in total. The van der Waals surface area contributed by atoms with Crippen LogP contribution >= 0.6 is 0 Å². The molecule has 1 atom stereocenters. The van der Waals surface area contributed by atoms with E-state index in [1.807, 2.05) is 30.3 Å². The molecule has 3 aromatic carbocycles. The zero-order valence-electron chi connectivity index (χ0n) is 22.0. The van der Waals surface area contributed by atoms with Gasteiger partial charge in [-0.3, -0.25) is 9.69 Å².